The number of carboxylic acid groups (broad SMARTS) is 1. The largest absolute Gasteiger partial charge is 0.508 e. The van der Waals surface area contributed by atoms with E-state index in [0.717, 1.165) is 0 Å². The Balaban J connectivity index is 2.39. The van der Waals surface area contributed by atoms with Gasteiger partial charge in [-0.05, 0) is 61.7 Å². The van der Waals surface area contributed by atoms with E-state index in [1.54, 1.807) is 44.2 Å². The summed E-state index contributed by atoms with van der Waals surface area (Å²) in [7, 11) is 0. The van der Waals surface area contributed by atoms with Crippen LogP contribution in [-0.4, -0.2) is 26.7 Å². The summed E-state index contributed by atoms with van der Waals surface area (Å²) in [4.78, 5) is 25.8. The van der Waals surface area contributed by atoms with Gasteiger partial charge in [-0.2, -0.15) is 0 Å². The van der Waals surface area contributed by atoms with Gasteiger partial charge in [0.15, 0.2) is 0 Å². The van der Waals surface area contributed by atoms with E-state index >= 15 is 0 Å². The summed E-state index contributed by atoms with van der Waals surface area (Å²) in [5.74, 6) is -1.44. The van der Waals surface area contributed by atoms with Crippen molar-refractivity contribution in [3.8, 4) is 5.75 Å². The summed E-state index contributed by atoms with van der Waals surface area (Å²) in [5, 5.41) is 21.3. The van der Waals surface area contributed by atoms with Crippen LogP contribution >= 0.6 is 11.6 Å². The van der Waals surface area contributed by atoms with E-state index in [2.05, 4.69) is 0 Å². The molecular formula is C23H24ClNO4. The number of hydrogen-bond acceptors (Lipinski definition) is 3. The molecule has 3 rings (SSSR count). The maximum Gasteiger partial charge on any atom is 0.314 e. The number of rotatable bonds is 5. The molecule has 2 atom stereocenters. The van der Waals surface area contributed by atoms with E-state index in [-0.39, 0.29) is 17.6 Å². The number of aromatic nitrogens is 1. The smallest absolute Gasteiger partial charge is 0.314 e. The molecule has 1 unspecified atom stereocenters. The van der Waals surface area contributed by atoms with Crippen molar-refractivity contribution in [2.45, 2.75) is 39.5 Å². The van der Waals surface area contributed by atoms with Crippen LogP contribution in [0.1, 0.15) is 48.8 Å². The summed E-state index contributed by atoms with van der Waals surface area (Å²) in [6.07, 6.45) is 0.649. The highest BCUT2D eigenvalue weighted by Gasteiger charge is 2.44. The molecule has 0 aliphatic heterocycles. The van der Waals surface area contributed by atoms with E-state index in [9.17, 15) is 19.8 Å². The minimum absolute atomic E-state index is 0.0167. The average Bonchev–Trinajstić information content (AvgIpc) is 2.97. The average molecular weight is 414 g/mol. The molecule has 0 saturated carbocycles. The highest BCUT2D eigenvalue weighted by molar-refractivity contribution is 6.31. The van der Waals surface area contributed by atoms with Crippen LogP contribution in [0.25, 0.3) is 10.9 Å². The lowest BCUT2D eigenvalue weighted by atomic mass is 9.70. The van der Waals surface area contributed by atoms with Crippen molar-refractivity contribution >= 4 is 34.4 Å². The predicted molar refractivity (Wildman–Crippen MR) is 114 cm³/mol. The molecule has 0 bridgehead atoms. The zero-order valence-electron chi connectivity index (χ0n) is 16.9. The first-order valence-corrected chi connectivity index (χ1v) is 9.88. The van der Waals surface area contributed by atoms with Crippen molar-refractivity contribution in [3.05, 3.63) is 64.3 Å². The molecule has 3 aromatic rings. The molecule has 0 fully saturated rings. The molecule has 0 saturated heterocycles. The zero-order valence-corrected chi connectivity index (χ0v) is 17.6. The van der Waals surface area contributed by atoms with Crippen LogP contribution in [-0.2, 0) is 10.2 Å². The summed E-state index contributed by atoms with van der Waals surface area (Å²) in [6.45, 7) is 7.26. The van der Waals surface area contributed by atoms with Gasteiger partial charge in [0, 0.05) is 21.7 Å². The second kappa shape index (κ2) is 7.56. The maximum absolute atomic E-state index is 13.4. The number of phenolic OH excluding ortho intramolecular Hbond substituents is 1. The normalized spacial score (nSPS) is 14.5. The molecule has 5 nitrogen and oxygen atoms in total. The molecule has 0 amide bonds. The molecular weight excluding hydrogens is 390 g/mol. The molecule has 6 heteroatoms. The van der Waals surface area contributed by atoms with Crippen molar-refractivity contribution in [2.75, 3.05) is 0 Å². The fraction of sp³-hybridized carbons (Fsp3) is 0.304. The number of benzene rings is 2. The maximum atomic E-state index is 13.4. The Labute approximate surface area is 174 Å². The molecule has 29 heavy (non-hydrogen) atoms. The van der Waals surface area contributed by atoms with Gasteiger partial charge in [-0.15, -0.1) is 0 Å². The molecule has 152 valence electrons. The van der Waals surface area contributed by atoms with Gasteiger partial charge in [0.2, 0.25) is 0 Å². The quantitative estimate of drug-likeness (QED) is 0.588. The van der Waals surface area contributed by atoms with Crippen molar-refractivity contribution < 1.29 is 19.8 Å². The third-order valence-corrected chi connectivity index (χ3v) is 6.26. The third kappa shape index (κ3) is 3.29. The monoisotopic (exact) mass is 413 g/mol. The number of carboxylic acids is 1. The van der Waals surface area contributed by atoms with Crippen molar-refractivity contribution in [2.24, 2.45) is 5.92 Å². The standard InChI is InChI=1S/C23H24ClNO4/c1-5-13(2)23(4,22(28)29)20-14(3)25(19-10-9-17(26)12-18(19)20)21(27)15-7-6-8-16(24)11-15/h6-13,26H,5H2,1-4H3,(H,28,29)/t13?,23-/m1/s1. The Morgan fingerprint density at radius 1 is 1.21 bits per heavy atom. The van der Waals surface area contributed by atoms with Gasteiger partial charge in [0.25, 0.3) is 5.91 Å². The van der Waals surface area contributed by atoms with Gasteiger partial charge in [-0.1, -0.05) is 37.9 Å². The van der Waals surface area contributed by atoms with Gasteiger partial charge >= 0.3 is 5.97 Å². The van der Waals surface area contributed by atoms with Crippen LogP contribution in [0.4, 0.5) is 0 Å². The van der Waals surface area contributed by atoms with E-state index in [4.69, 9.17) is 11.6 Å². The number of fused-ring (bicyclic) bond motifs is 1. The Kier molecular flexibility index (Phi) is 5.46. The van der Waals surface area contributed by atoms with Crippen LogP contribution in [0.5, 0.6) is 5.75 Å². The lowest BCUT2D eigenvalue weighted by Crippen LogP contribution is -2.39. The number of halogens is 1. The van der Waals surface area contributed by atoms with Gasteiger partial charge in [0.1, 0.15) is 5.75 Å². The number of aromatic hydroxyl groups is 1. The highest BCUT2D eigenvalue weighted by Crippen LogP contribution is 2.43. The van der Waals surface area contributed by atoms with E-state index in [1.807, 2.05) is 13.8 Å². The Morgan fingerprint density at radius 2 is 1.90 bits per heavy atom. The summed E-state index contributed by atoms with van der Waals surface area (Å²) >= 11 is 6.06. The van der Waals surface area contributed by atoms with Crippen LogP contribution < -0.4 is 0 Å². The van der Waals surface area contributed by atoms with Gasteiger partial charge in [-0.3, -0.25) is 14.2 Å². The van der Waals surface area contributed by atoms with Gasteiger partial charge < -0.3 is 10.2 Å². The van der Waals surface area contributed by atoms with Crippen LogP contribution in [0, 0.1) is 12.8 Å². The van der Waals surface area contributed by atoms with Gasteiger partial charge in [0.05, 0.1) is 10.9 Å². The minimum Gasteiger partial charge on any atom is -0.508 e. The lowest BCUT2D eigenvalue weighted by Gasteiger charge is -2.32. The lowest BCUT2D eigenvalue weighted by molar-refractivity contribution is -0.145. The van der Waals surface area contributed by atoms with Crippen LogP contribution in [0.2, 0.25) is 5.02 Å². The zero-order chi connectivity index (χ0) is 21.5. The van der Waals surface area contributed by atoms with Crippen molar-refractivity contribution in [1.29, 1.82) is 0 Å². The number of nitrogens with zero attached hydrogens (tertiary/aromatic N) is 1. The molecule has 2 N–H and O–H groups in total. The Morgan fingerprint density at radius 3 is 2.48 bits per heavy atom. The summed E-state index contributed by atoms with van der Waals surface area (Å²) in [6, 6.07) is 11.3. The Hall–Kier alpha value is -2.79. The topological polar surface area (TPSA) is 79.5 Å². The second-order valence-electron chi connectivity index (χ2n) is 7.63. The first-order chi connectivity index (χ1) is 13.6. The molecule has 0 spiro atoms. The van der Waals surface area contributed by atoms with E-state index in [0.29, 0.717) is 39.2 Å². The SMILES string of the molecule is CCC(C)[C@@](C)(C(=O)O)c1c(C)n(C(=O)c2cccc(Cl)c2)c2ccc(O)cc12. The first-order valence-electron chi connectivity index (χ1n) is 9.51. The number of aliphatic carboxylic acids is 1. The minimum atomic E-state index is -1.23. The third-order valence-electron chi connectivity index (χ3n) is 6.02. The molecule has 1 heterocycles. The highest BCUT2D eigenvalue weighted by atomic mass is 35.5. The fourth-order valence-electron chi connectivity index (χ4n) is 4.05. The number of carbonyl (C=O) groups excluding carboxylic acids is 1. The predicted octanol–water partition coefficient (Wildman–Crippen LogP) is 5.39. The number of hydrogen-bond donors (Lipinski definition) is 2. The summed E-state index contributed by atoms with van der Waals surface area (Å²) in [5.41, 5.74) is 0.806. The molecule has 0 radical (unpaired) electrons. The molecule has 0 aliphatic carbocycles. The first kappa shape index (κ1) is 20.9. The van der Waals surface area contributed by atoms with Crippen LogP contribution in [0.3, 0.4) is 0 Å². The van der Waals surface area contributed by atoms with Crippen LogP contribution in [0.15, 0.2) is 42.5 Å². The van der Waals surface area contributed by atoms with Gasteiger partial charge in [-0.25, -0.2) is 0 Å². The fourth-order valence-corrected chi connectivity index (χ4v) is 4.24. The van der Waals surface area contributed by atoms with E-state index < -0.39 is 11.4 Å². The molecule has 1 aromatic heterocycles. The number of carbonyl (C=O) groups is 2. The van der Waals surface area contributed by atoms with E-state index in [1.165, 1.54) is 16.7 Å². The second-order valence-corrected chi connectivity index (χ2v) is 8.07. The van der Waals surface area contributed by atoms with Crippen molar-refractivity contribution in [3.63, 3.8) is 0 Å². The Bertz CT molecular complexity index is 1120. The van der Waals surface area contributed by atoms with Crippen molar-refractivity contribution in [1.82, 2.24) is 4.57 Å². The molecule has 2 aromatic carbocycles. The summed E-state index contributed by atoms with van der Waals surface area (Å²) < 4.78 is 1.51. The number of phenols is 1. The molecule has 0 aliphatic rings.